The van der Waals surface area contributed by atoms with Gasteiger partial charge in [0.1, 0.15) is 11.6 Å². The van der Waals surface area contributed by atoms with Crippen molar-refractivity contribution in [2.45, 2.75) is 20.8 Å². The van der Waals surface area contributed by atoms with Gasteiger partial charge >= 0.3 is 0 Å². The number of rotatable bonds is 7. The van der Waals surface area contributed by atoms with Crippen LogP contribution in [0.1, 0.15) is 29.9 Å². The summed E-state index contributed by atoms with van der Waals surface area (Å²) in [5, 5.41) is 7.23. The van der Waals surface area contributed by atoms with Crippen molar-refractivity contribution < 1.29 is 18.7 Å². The van der Waals surface area contributed by atoms with Gasteiger partial charge in [-0.2, -0.15) is 5.10 Å². The van der Waals surface area contributed by atoms with Crippen LogP contribution in [0.5, 0.6) is 11.5 Å². The number of aryl methyl sites for hydroxylation is 1. The number of carbonyl (C=O) groups excluding carboxylic acids is 1. The second-order valence-electron chi connectivity index (χ2n) is 7.08. The molecular weight excluding hydrogens is 373 g/mol. The van der Waals surface area contributed by atoms with Crippen molar-refractivity contribution in [3.63, 3.8) is 0 Å². The summed E-state index contributed by atoms with van der Waals surface area (Å²) >= 11 is 0. The molecule has 0 radical (unpaired) electrons. The van der Waals surface area contributed by atoms with Crippen LogP contribution in [0.2, 0.25) is 0 Å². The van der Waals surface area contributed by atoms with E-state index in [9.17, 15) is 9.18 Å². The van der Waals surface area contributed by atoms with Crippen molar-refractivity contribution >= 4 is 11.7 Å². The topological polar surface area (TPSA) is 65.4 Å². The SMILES string of the molecule is COc1cc(C(=O)Nc2cc(C)nn2-c2ccc(F)cc2)ccc1OCC(C)C. The van der Waals surface area contributed by atoms with Gasteiger partial charge in [0.05, 0.1) is 25.1 Å². The molecule has 3 aromatic rings. The normalized spacial score (nSPS) is 10.8. The summed E-state index contributed by atoms with van der Waals surface area (Å²) in [7, 11) is 1.53. The molecule has 0 aliphatic carbocycles. The van der Waals surface area contributed by atoms with Crippen LogP contribution in [-0.2, 0) is 0 Å². The van der Waals surface area contributed by atoms with E-state index in [0.717, 1.165) is 5.69 Å². The van der Waals surface area contributed by atoms with Crippen LogP contribution in [0.4, 0.5) is 10.2 Å². The largest absolute Gasteiger partial charge is 0.493 e. The monoisotopic (exact) mass is 397 g/mol. The zero-order chi connectivity index (χ0) is 21.0. The van der Waals surface area contributed by atoms with Crippen molar-refractivity contribution in [2.75, 3.05) is 19.0 Å². The number of aromatic nitrogens is 2. The predicted octanol–water partition coefficient (Wildman–Crippen LogP) is 4.62. The zero-order valence-electron chi connectivity index (χ0n) is 16.9. The maximum Gasteiger partial charge on any atom is 0.256 e. The van der Waals surface area contributed by atoms with Gasteiger partial charge in [-0.1, -0.05) is 13.8 Å². The highest BCUT2D eigenvalue weighted by atomic mass is 19.1. The van der Waals surface area contributed by atoms with Gasteiger partial charge in [0.25, 0.3) is 5.91 Å². The molecule has 3 rings (SSSR count). The van der Waals surface area contributed by atoms with Gasteiger partial charge in [0.15, 0.2) is 11.5 Å². The van der Waals surface area contributed by atoms with E-state index in [1.807, 2.05) is 6.92 Å². The standard InChI is InChI=1S/C22H24FN3O3/c1-14(2)13-29-19-10-5-16(12-20(19)28-4)22(27)24-21-11-15(3)25-26(21)18-8-6-17(23)7-9-18/h5-12,14H,13H2,1-4H3,(H,24,27). The molecule has 0 spiro atoms. The first-order valence-corrected chi connectivity index (χ1v) is 9.32. The summed E-state index contributed by atoms with van der Waals surface area (Å²) in [4.78, 5) is 12.8. The van der Waals surface area contributed by atoms with Crippen LogP contribution < -0.4 is 14.8 Å². The minimum absolute atomic E-state index is 0.318. The minimum atomic E-state index is -0.338. The number of carbonyl (C=O) groups is 1. The van der Waals surface area contributed by atoms with E-state index in [1.165, 1.54) is 19.2 Å². The highest BCUT2D eigenvalue weighted by Crippen LogP contribution is 2.29. The summed E-state index contributed by atoms with van der Waals surface area (Å²) in [5.41, 5.74) is 1.78. The number of hydrogen-bond donors (Lipinski definition) is 1. The molecule has 7 heteroatoms. The zero-order valence-corrected chi connectivity index (χ0v) is 16.9. The Morgan fingerprint density at radius 2 is 1.86 bits per heavy atom. The number of halogens is 1. The van der Waals surface area contributed by atoms with Crippen LogP contribution >= 0.6 is 0 Å². The molecule has 2 aromatic carbocycles. The molecular formula is C22H24FN3O3. The van der Waals surface area contributed by atoms with E-state index in [0.29, 0.717) is 41.1 Å². The Morgan fingerprint density at radius 3 is 2.52 bits per heavy atom. The van der Waals surface area contributed by atoms with E-state index in [1.54, 1.807) is 41.1 Å². The third-order valence-electron chi connectivity index (χ3n) is 4.14. The van der Waals surface area contributed by atoms with E-state index in [2.05, 4.69) is 24.3 Å². The molecule has 1 aromatic heterocycles. The van der Waals surface area contributed by atoms with Crippen molar-refractivity contribution in [1.82, 2.24) is 9.78 Å². The predicted molar refractivity (Wildman–Crippen MR) is 110 cm³/mol. The number of ether oxygens (including phenoxy) is 2. The fourth-order valence-electron chi connectivity index (χ4n) is 2.74. The first kappa shape index (κ1) is 20.4. The number of hydrogen-bond acceptors (Lipinski definition) is 4. The molecule has 1 N–H and O–H groups in total. The number of amides is 1. The Hall–Kier alpha value is -3.35. The van der Waals surface area contributed by atoms with Gasteiger partial charge in [-0.25, -0.2) is 9.07 Å². The molecule has 152 valence electrons. The molecule has 0 bridgehead atoms. The lowest BCUT2D eigenvalue weighted by Crippen LogP contribution is -2.15. The fraction of sp³-hybridized carbons (Fsp3) is 0.273. The van der Waals surface area contributed by atoms with Crippen LogP contribution in [0, 0.1) is 18.7 Å². The molecule has 0 fully saturated rings. The third-order valence-corrected chi connectivity index (χ3v) is 4.14. The van der Waals surface area contributed by atoms with Crippen LogP contribution in [-0.4, -0.2) is 29.4 Å². The van der Waals surface area contributed by atoms with Crippen LogP contribution in [0.15, 0.2) is 48.5 Å². The van der Waals surface area contributed by atoms with Gasteiger partial charge in [0, 0.05) is 11.6 Å². The summed E-state index contributed by atoms with van der Waals surface area (Å²) in [5.74, 6) is 1.28. The molecule has 0 unspecified atom stereocenters. The lowest BCUT2D eigenvalue weighted by Gasteiger charge is -2.14. The molecule has 0 aliphatic heterocycles. The Labute approximate surface area is 169 Å². The number of nitrogens with one attached hydrogen (secondary N) is 1. The highest BCUT2D eigenvalue weighted by molar-refractivity contribution is 6.04. The Kier molecular flexibility index (Phi) is 6.16. The second-order valence-corrected chi connectivity index (χ2v) is 7.08. The minimum Gasteiger partial charge on any atom is -0.493 e. The van der Waals surface area contributed by atoms with E-state index in [4.69, 9.17) is 9.47 Å². The molecule has 0 aliphatic rings. The lowest BCUT2D eigenvalue weighted by molar-refractivity contribution is 0.102. The quantitative estimate of drug-likeness (QED) is 0.632. The number of benzene rings is 2. The van der Waals surface area contributed by atoms with Crippen molar-refractivity contribution in [2.24, 2.45) is 5.92 Å². The van der Waals surface area contributed by atoms with Crippen LogP contribution in [0.3, 0.4) is 0 Å². The molecule has 29 heavy (non-hydrogen) atoms. The second kappa shape index (κ2) is 8.77. The first-order valence-electron chi connectivity index (χ1n) is 9.32. The summed E-state index contributed by atoms with van der Waals surface area (Å²) in [6.45, 7) is 6.48. The maximum absolute atomic E-state index is 13.2. The van der Waals surface area contributed by atoms with Gasteiger partial charge in [-0.15, -0.1) is 0 Å². The lowest BCUT2D eigenvalue weighted by atomic mass is 10.2. The Bertz CT molecular complexity index is 997. The number of methoxy groups -OCH3 is 1. The van der Waals surface area contributed by atoms with E-state index < -0.39 is 0 Å². The van der Waals surface area contributed by atoms with Crippen molar-refractivity contribution in [3.05, 3.63) is 65.6 Å². The first-order chi connectivity index (χ1) is 13.9. The molecule has 0 atom stereocenters. The van der Waals surface area contributed by atoms with E-state index >= 15 is 0 Å². The van der Waals surface area contributed by atoms with Crippen LogP contribution in [0.25, 0.3) is 5.69 Å². The number of nitrogens with zero attached hydrogens (tertiary/aromatic N) is 2. The highest BCUT2D eigenvalue weighted by Gasteiger charge is 2.15. The number of anilines is 1. The third kappa shape index (κ3) is 4.93. The van der Waals surface area contributed by atoms with Crippen molar-refractivity contribution in [3.8, 4) is 17.2 Å². The van der Waals surface area contributed by atoms with Gasteiger partial charge in [0.2, 0.25) is 0 Å². The molecule has 6 nitrogen and oxygen atoms in total. The smallest absolute Gasteiger partial charge is 0.256 e. The fourth-order valence-corrected chi connectivity index (χ4v) is 2.74. The van der Waals surface area contributed by atoms with E-state index in [-0.39, 0.29) is 11.7 Å². The maximum atomic E-state index is 13.2. The van der Waals surface area contributed by atoms with Gasteiger partial charge in [-0.05, 0) is 55.3 Å². The van der Waals surface area contributed by atoms with Gasteiger partial charge < -0.3 is 14.8 Å². The summed E-state index contributed by atoms with van der Waals surface area (Å²) in [6, 6.07) is 12.7. The van der Waals surface area contributed by atoms with Crippen molar-refractivity contribution in [1.29, 1.82) is 0 Å². The molecule has 1 heterocycles. The molecule has 1 amide bonds. The van der Waals surface area contributed by atoms with Gasteiger partial charge in [-0.3, -0.25) is 4.79 Å². The average Bonchev–Trinajstić information content (AvgIpc) is 3.06. The Balaban J connectivity index is 1.83. The summed E-state index contributed by atoms with van der Waals surface area (Å²) < 4.78 is 25.9. The molecule has 0 saturated carbocycles. The molecule has 0 saturated heterocycles. The summed E-state index contributed by atoms with van der Waals surface area (Å²) in [6.07, 6.45) is 0. The Morgan fingerprint density at radius 1 is 1.14 bits per heavy atom. The average molecular weight is 397 g/mol.